The summed E-state index contributed by atoms with van der Waals surface area (Å²) in [4.78, 5) is 11.1. The highest BCUT2D eigenvalue weighted by molar-refractivity contribution is 5.94. The van der Waals surface area contributed by atoms with E-state index < -0.39 is 5.82 Å². The second-order valence-electron chi connectivity index (χ2n) is 4.53. The largest absolute Gasteiger partial charge is 0.487 e. The lowest BCUT2D eigenvalue weighted by Gasteiger charge is -2.16. The van der Waals surface area contributed by atoms with Gasteiger partial charge >= 0.3 is 0 Å². The Kier molecular flexibility index (Phi) is 2.07. The van der Waals surface area contributed by atoms with Crippen LogP contribution in [0.25, 0.3) is 0 Å². The summed E-state index contributed by atoms with van der Waals surface area (Å²) in [7, 11) is 0. The third kappa shape index (κ3) is 1.74. The van der Waals surface area contributed by atoms with E-state index in [9.17, 15) is 9.18 Å². The molecule has 1 heterocycles. The number of Topliss-reactive ketones (excluding diaryl/α,β-unsaturated/α-hetero) is 1. The highest BCUT2D eigenvalue weighted by Gasteiger charge is 2.31. The van der Waals surface area contributed by atoms with E-state index >= 15 is 0 Å². The molecule has 0 atom stereocenters. The van der Waals surface area contributed by atoms with Gasteiger partial charge in [-0.2, -0.15) is 0 Å². The standard InChI is InChI=1S/C12H13FO2/c1-7(14)9-4-8-6-12(2,3)15-11(8)5-10(9)13/h4-5H,6H2,1-3H3. The molecule has 0 aliphatic carbocycles. The lowest BCUT2D eigenvalue weighted by molar-refractivity contribution is 0.101. The van der Waals surface area contributed by atoms with E-state index in [0.29, 0.717) is 12.2 Å². The summed E-state index contributed by atoms with van der Waals surface area (Å²) >= 11 is 0. The number of hydrogen-bond acceptors (Lipinski definition) is 2. The molecule has 2 rings (SSSR count). The number of ether oxygens (including phenoxy) is 1. The van der Waals surface area contributed by atoms with E-state index in [-0.39, 0.29) is 16.9 Å². The first kappa shape index (κ1) is 10.1. The minimum absolute atomic E-state index is 0.148. The number of carbonyl (C=O) groups excluding carboxylic acids is 1. The smallest absolute Gasteiger partial charge is 0.162 e. The Labute approximate surface area is 88.1 Å². The lowest BCUT2D eigenvalue weighted by atomic mass is 9.99. The van der Waals surface area contributed by atoms with Crippen molar-refractivity contribution in [3.63, 3.8) is 0 Å². The molecule has 0 saturated carbocycles. The van der Waals surface area contributed by atoms with Crippen LogP contribution in [0.5, 0.6) is 5.75 Å². The Bertz CT molecular complexity index is 435. The maximum Gasteiger partial charge on any atom is 0.162 e. The zero-order valence-electron chi connectivity index (χ0n) is 9.06. The zero-order valence-corrected chi connectivity index (χ0v) is 9.06. The number of benzene rings is 1. The van der Waals surface area contributed by atoms with Gasteiger partial charge < -0.3 is 4.74 Å². The molecular formula is C12H13FO2. The van der Waals surface area contributed by atoms with Crippen molar-refractivity contribution < 1.29 is 13.9 Å². The predicted octanol–water partition coefficient (Wildman–Crippen LogP) is 2.74. The van der Waals surface area contributed by atoms with Crippen LogP contribution in [0.1, 0.15) is 36.7 Å². The van der Waals surface area contributed by atoms with Crippen molar-refractivity contribution in [2.75, 3.05) is 0 Å². The molecule has 0 radical (unpaired) electrons. The van der Waals surface area contributed by atoms with Gasteiger partial charge in [0, 0.05) is 12.5 Å². The molecule has 0 spiro atoms. The fourth-order valence-electron chi connectivity index (χ4n) is 1.90. The summed E-state index contributed by atoms with van der Waals surface area (Å²) in [6.07, 6.45) is 0.711. The first-order valence-corrected chi connectivity index (χ1v) is 4.91. The highest BCUT2D eigenvalue weighted by atomic mass is 19.1. The van der Waals surface area contributed by atoms with Gasteiger partial charge in [0.15, 0.2) is 5.78 Å². The van der Waals surface area contributed by atoms with Gasteiger partial charge in [-0.15, -0.1) is 0 Å². The molecule has 0 amide bonds. The Morgan fingerprint density at radius 1 is 1.47 bits per heavy atom. The Hall–Kier alpha value is -1.38. The second kappa shape index (κ2) is 3.05. The van der Waals surface area contributed by atoms with E-state index in [1.165, 1.54) is 13.0 Å². The van der Waals surface area contributed by atoms with Gasteiger partial charge in [-0.1, -0.05) is 0 Å². The maximum atomic E-state index is 13.4. The van der Waals surface area contributed by atoms with Gasteiger partial charge in [-0.05, 0) is 32.4 Å². The van der Waals surface area contributed by atoms with Gasteiger partial charge in [0.1, 0.15) is 17.2 Å². The zero-order chi connectivity index (χ0) is 11.2. The average Bonchev–Trinajstić information content (AvgIpc) is 2.36. The van der Waals surface area contributed by atoms with Crippen molar-refractivity contribution in [3.8, 4) is 5.75 Å². The SMILES string of the molecule is CC(=O)c1cc2c(cc1F)OC(C)(C)C2. The van der Waals surface area contributed by atoms with Crippen molar-refractivity contribution in [2.24, 2.45) is 0 Å². The minimum atomic E-state index is -0.501. The van der Waals surface area contributed by atoms with Gasteiger partial charge in [0.25, 0.3) is 0 Å². The van der Waals surface area contributed by atoms with Crippen LogP contribution in [0.2, 0.25) is 0 Å². The quantitative estimate of drug-likeness (QED) is 0.663. The molecule has 0 aromatic heterocycles. The van der Waals surface area contributed by atoms with Crippen LogP contribution in [0.3, 0.4) is 0 Å². The Balaban J connectivity index is 2.50. The molecule has 0 bridgehead atoms. The Morgan fingerprint density at radius 3 is 2.73 bits per heavy atom. The van der Waals surface area contributed by atoms with E-state index in [0.717, 1.165) is 5.56 Å². The molecule has 1 aromatic carbocycles. The summed E-state index contributed by atoms with van der Waals surface area (Å²) in [5.74, 6) is -0.193. The van der Waals surface area contributed by atoms with Crippen molar-refractivity contribution in [1.29, 1.82) is 0 Å². The molecule has 0 saturated heterocycles. The lowest BCUT2D eigenvalue weighted by Crippen LogP contribution is -2.24. The topological polar surface area (TPSA) is 26.3 Å². The molecule has 0 fully saturated rings. The van der Waals surface area contributed by atoms with Gasteiger partial charge in [-0.3, -0.25) is 4.79 Å². The molecule has 15 heavy (non-hydrogen) atoms. The molecule has 80 valence electrons. The number of fused-ring (bicyclic) bond motifs is 1. The van der Waals surface area contributed by atoms with Crippen LogP contribution in [0, 0.1) is 5.82 Å². The number of halogens is 1. The second-order valence-corrected chi connectivity index (χ2v) is 4.53. The summed E-state index contributed by atoms with van der Waals surface area (Å²) < 4.78 is 19.0. The van der Waals surface area contributed by atoms with Crippen molar-refractivity contribution in [3.05, 3.63) is 29.1 Å². The van der Waals surface area contributed by atoms with E-state index in [4.69, 9.17) is 4.74 Å². The van der Waals surface area contributed by atoms with Gasteiger partial charge in [-0.25, -0.2) is 4.39 Å². The third-order valence-electron chi connectivity index (χ3n) is 2.53. The number of rotatable bonds is 1. The van der Waals surface area contributed by atoms with Crippen LogP contribution in [0.4, 0.5) is 4.39 Å². The summed E-state index contributed by atoms with van der Waals surface area (Å²) in [6.45, 7) is 5.25. The first-order chi connectivity index (χ1) is 6.89. The van der Waals surface area contributed by atoms with Crippen LogP contribution >= 0.6 is 0 Å². The fourth-order valence-corrected chi connectivity index (χ4v) is 1.90. The Morgan fingerprint density at radius 2 is 2.13 bits per heavy atom. The third-order valence-corrected chi connectivity index (χ3v) is 2.53. The molecule has 0 unspecified atom stereocenters. The van der Waals surface area contributed by atoms with Crippen LogP contribution < -0.4 is 4.74 Å². The van der Waals surface area contributed by atoms with Crippen LogP contribution in [-0.2, 0) is 6.42 Å². The van der Waals surface area contributed by atoms with Crippen LogP contribution in [-0.4, -0.2) is 11.4 Å². The van der Waals surface area contributed by atoms with E-state index in [2.05, 4.69) is 0 Å². The highest BCUT2D eigenvalue weighted by Crippen LogP contribution is 2.36. The molecular weight excluding hydrogens is 195 g/mol. The average molecular weight is 208 g/mol. The van der Waals surface area contributed by atoms with E-state index in [1.807, 2.05) is 13.8 Å². The van der Waals surface area contributed by atoms with Crippen LogP contribution in [0.15, 0.2) is 12.1 Å². The first-order valence-electron chi connectivity index (χ1n) is 4.91. The normalized spacial score (nSPS) is 17.1. The summed E-state index contributed by atoms with van der Waals surface area (Å²) in [6, 6.07) is 2.91. The fraction of sp³-hybridized carbons (Fsp3) is 0.417. The van der Waals surface area contributed by atoms with Gasteiger partial charge in [0.05, 0.1) is 5.56 Å². The molecule has 1 aromatic rings. The van der Waals surface area contributed by atoms with Gasteiger partial charge in [0.2, 0.25) is 0 Å². The maximum absolute atomic E-state index is 13.4. The number of hydrogen-bond donors (Lipinski definition) is 0. The summed E-state index contributed by atoms with van der Waals surface area (Å²) in [5, 5.41) is 0. The molecule has 3 heteroatoms. The minimum Gasteiger partial charge on any atom is -0.487 e. The van der Waals surface area contributed by atoms with Crippen molar-refractivity contribution in [2.45, 2.75) is 32.8 Å². The number of ketones is 1. The molecule has 2 nitrogen and oxygen atoms in total. The van der Waals surface area contributed by atoms with Crippen molar-refractivity contribution >= 4 is 5.78 Å². The van der Waals surface area contributed by atoms with E-state index in [1.54, 1.807) is 6.07 Å². The monoisotopic (exact) mass is 208 g/mol. The number of carbonyl (C=O) groups is 1. The molecule has 1 aliphatic heterocycles. The predicted molar refractivity (Wildman–Crippen MR) is 54.8 cm³/mol. The molecule has 1 aliphatic rings. The summed E-state index contributed by atoms with van der Waals surface area (Å²) in [5.41, 5.74) is 0.756. The molecule has 0 N–H and O–H groups in total. The van der Waals surface area contributed by atoms with Crippen molar-refractivity contribution in [1.82, 2.24) is 0 Å².